The molecule has 0 aliphatic rings. The molecule has 3 rings (SSSR count). The second kappa shape index (κ2) is 5.92. The molecule has 7 nitrogen and oxygen atoms in total. The Hall–Kier alpha value is -2.96. The number of nitrogens with zero attached hydrogens (tertiary/aromatic N) is 4. The fourth-order valence-electron chi connectivity index (χ4n) is 2.40. The number of carbonyl (C=O) groups excluding carboxylic acids is 1. The molecular formula is C17H20N6O. The Balaban J connectivity index is 1.90. The minimum Gasteiger partial charge on any atom is -0.337 e. The highest BCUT2D eigenvalue weighted by atomic mass is 16.1. The van der Waals surface area contributed by atoms with E-state index in [9.17, 15) is 4.79 Å². The molecule has 0 unspecified atom stereocenters. The average molecular weight is 324 g/mol. The third-order valence-electron chi connectivity index (χ3n) is 3.47. The van der Waals surface area contributed by atoms with Crippen LogP contribution in [0, 0.1) is 0 Å². The largest absolute Gasteiger partial charge is 0.337 e. The zero-order valence-corrected chi connectivity index (χ0v) is 14.2. The molecule has 0 atom stereocenters. The van der Waals surface area contributed by atoms with Crippen molar-refractivity contribution in [3.05, 3.63) is 42.5 Å². The zero-order valence-electron chi connectivity index (χ0n) is 14.2. The zero-order chi connectivity index (χ0) is 17.3. The van der Waals surface area contributed by atoms with Crippen molar-refractivity contribution in [2.45, 2.75) is 33.1 Å². The minimum absolute atomic E-state index is 0.0969. The minimum atomic E-state index is -0.113. The van der Waals surface area contributed by atoms with Gasteiger partial charge in [0.1, 0.15) is 5.82 Å². The van der Waals surface area contributed by atoms with Crippen LogP contribution in [0.15, 0.2) is 36.7 Å². The first-order chi connectivity index (χ1) is 11.3. The van der Waals surface area contributed by atoms with Gasteiger partial charge in [0.25, 0.3) is 0 Å². The molecule has 0 aliphatic carbocycles. The maximum Gasteiger partial charge on any atom is 0.221 e. The number of amides is 1. The van der Waals surface area contributed by atoms with E-state index >= 15 is 0 Å². The summed E-state index contributed by atoms with van der Waals surface area (Å²) in [5, 5.41) is 14.6. The molecule has 124 valence electrons. The number of rotatable bonds is 3. The molecule has 0 fully saturated rings. The highest BCUT2D eigenvalue weighted by Gasteiger charge is 2.22. The van der Waals surface area contributed by atoms with Gasteiger partial charge < -0.3 is 10.6 Å². The summed E-state index contributed by atoms with van der Waals surface area (Å²) >= 11 is 0. The number of anilines is 3. The van der Waals surface area contributed by atoms with E-state index in [0.29, 0.717) is 11.5 Å². The standard InChI is InChI=1S/C17H20N6O/c1-11(24)19-12-5-7-13(8-6-12)20-14-15-21-22-16(17(2,3)4)23(15)10-9-18-14/h5-10H,1-4H3,(H,18,20)(H,19,24). The van der Waals surface area contributed by atoms with Gasteiger partial charge >= 0.3 is 0 Å². The molecule has 24 heavy (non-hydrogen) atoms. The molecule has 0 saturated heterocycles. The molecule has 0 bridgehead atoms. The van der Waals surface area contributed by atoms with Gasteiger partial charge in [-0.15, -0.1) is 10.2 Å². The molecule has 0 aliphatic heterocycles. The fraction of sp³-hybridized carbons (Fsp3) is 0.294. The molecule has 1 amide bonds. The van der Waals surface area contributed by atoms with Crippen molar-refractivity contribution in [2.75, 3.05) is 10.6 Å². The number of carbonyl (C=O) groups is 1. The van der Waals surface area contributed by atoms with Crippen molar-refractivity contribution in [3.8, 4) is 0 Å². The van der Waals surface area contributed by atoms with Gasteiger partial charge in [-0.1, -0.05) is 20.8 Å². The maximum absolute atomic E-state index is 11.1. The van der Waals surface area contributed by atoms with Crippen LogP contribution in [0.2, 0.25) is 0 Å². The lowest BCUT2D eigenvalue weighted by Gasteiger charge is -2.15. The molecule has 3 aromatic rings. The molecule has 1 aromatic carbocycles. The Morgan fingerprint density at radius 2 is 1.75 bits per heavy atom. The maximum atomic E-state index is 11.1. The van der Waals surface area contributed by atoms with E-state index < -0.39 is 0 Å². The second-order valence-electron chi connectivity index (χ2n) is 6.63. The highest BCUT2D eigenvalue weighted by molar-refractivity contribution is 5.88. The number of fused-ring (bicyclic) bond motifs is 1. The normalized spacial score (nSPS) is 11.5. The fourth-order valence-corrected chi connectivity index (χ4v) is 2.40. The summed E-state index contributed by atoms with van der Waals surface area (Å²) in [7, 11) is 0. The van der Waals surface area contributed by atoms with E-state index in [2.05, 4.69) is 46.6 Å². The number of nitrogens with one attached hydrogen (secondary N) is 2. The van der Waals surface area contributed by atoms with Crippen LogP contribution >= 0.6 is 0 Å². The summed E-state index contributed by atoms with van der Waals surface area (Å²) in [6, 6.07) is 7.40. The summed E-state index contributed by atoms with van der Waals surface area (Å²) in [4.78, 5) is 15.4. The number of aromatic nitrogens is 4. The second-order valence-corrected chi connectivity index (χ2v) is 6.63. The molecule has 2 heterocycles. The molecule has 2 aromatic heterocycles. The number of hydrogen-bond donors (Lipinski definition) is 2. The molecule has 2 N–H and O–H groups in total. The first-order valence-corrected chi connectivity index (χ1v) is 7.69. The van der Waals surface area contributed by atoms with E-state index in [4.69, 9.17) is 0 Å². The van der Waals surface area contributed by atoms with Gasteiger partial charge in [-0.3, -0.25) is 9.20 Å². The van der Waals surface area contributed by atoms with E-state index in [1.165, 1.54) is 6.92 Å². The predicted octanol–water partition coefficient (Wildman–Crippen LogP) is 3.12. The van der Waals surface area contributed by atoms with Crippen LogP contribution in [0.1, 0.15) is 33.5 Å². The summed E-state index contributed by atoms with van der Waals surface area (Å²) in [5.41, 5.74) is 2.16. The smallest absolute Gasteiger partial charge is 0.221 e. The van der Waals surface area contributed by atoms with E-state index in [1.807, 2.05) is 34.9 Å². The summed E-state index contributed by atoms with van der Waals surface area (Å²) in [6.45, 7) is 7.77. The van der Waals surface area contributed by atoms with Crippen LogP contribution in [-0.4, -0.2) is 25.5 Å². The average Bonchev–Trinajstić information content (AvgIpc) is 2.94. The van der Waals surface area contributed by atoms with Crippen LogP contribution in [0.5, 0.6) is 0 Å². The van der Waals surface area contributed by atoms with E-state index in [1.54, 1.807) is 6.20 Å². The number of benzene rings is 1. The van der Waals surface area contributed by atoms with Gasteiger partial charge in [0.05, 0.1) is 0 Å². The number of hydrogen-bond acceptors (Lipinski definition) is 5. The topological polar surface area (TPSA) is 84.2 Å². The molecule has 0 radical (unpaired) electrons. The third kappa shape index (κ3) is 3.19. The SMILES string of the molecule is CC(=O)Nc1ccc(Nc2nccn3c(C(C)(C)C)nnc23)cc1. The van der Waals surface area contributed by atoms with Gasteiger partial charge in [0.2, 0.25) is 11.6 Å². The van der Waals surface area contributed by atoms with Crippen molar-refractivity contribution in [2.24, 2.45) is 0 Å². The lowest BCUT2D eigenvalue weighted by molar-refractivity contribution is -0.114. The first-order valence-electron chi connectivity index (χ1n) is 7.69. The van der Waals surface area contributed by atoms with Crippen LogP contribution in [0.3, 0.4) is 0 Å². The van der Waals surface area contributed by atoms with Crippen molar-refractivity contribution >= 4 is 28.7 Å². The molecule has 0 spiro atoms. The molecule has 0 saturated carbocycles. The first kappa shape index (κ1) is 15.9. The summed E-state index contributed by atoms with van der Waals surface area (Å²) in [6.07, 6.45) is 3.58. The monoisotopic (exact) mass is 324 g/mol. The Morgan fingerprint density at radius 3 is 2.38 bits per heavy atom. The molecule has 7 heteroatoms. The van der Waals surface area contributed by atoms with E-state index in [-0.39, 0.29) is 11.3 Å². The highest BCUT2D eigenvalue weighted by Crippen LogP contribution is 2.25. The van der Waals surface area contributed by atoms with Gasteiger partial charge in [-0.25, -0.2) is 4.98 Å². The Labute approximate surface area is 140 Å². The van der Waals surface area contributed by atoms with Crippen LogP contribution < -0.4 is 10.6 Å². The Bertz CT molecular complexity index is 876. The Kier molecular flexibility index (Phi) is 3.92. The summed E-state index contributed by atoms with van der Waals surface area (Å²) in [5.74, 6) is 1.41. The molecular weight excluding hydrogens is 304 g/mol. The van der Waals surface area contributed by atoms with Crippen molar-refractivity contribution in [1.82, 2.24) is 19.6 Å². The van der Waals surface area contributed by atoms with Gasteiger partial charge in [0.15, 0.2) is 5.82 Å². The van der Waals surface area contributed by atoms with Crippen molar-refractivity contribution in [1.29, 1.82) is 0 Å². The quantitative estimate of drug-likeness (QED) is 0.773. The lowest BCUT2D eigenvalue weighted by atomic mass is 9.96. The van der Waals surface area contributed by atoms with Gasteiger partial charge in [-0.2, -0.15) is 0 Å². The van der Waals surface area contributed by atoms with Gasteiger partial charge in [0, 0.05) is 36.1 Å². The van der Waals surface area contributed by atoms with Crippen molar-refractivity contribution < 1.29 is 4.79 Å². The van der Waals surface area contributed by atoms with Gasteiger partial charge in [-0.05, 0) is 24.3 Å². The van der Waals surface area contributed by atoms with Crippen LogP contribution in [-0.2, 0) is 10.2 Å². The lowest BCUT2D eigenvalue weighted by Crippen LogP contribution is -2.16. The van der Waals surface area contributed by atoms with Crippen LogP contribution in [0.25, 0.3) is 5.65 Å². The Morgan fingerprint density at radius 1 is 1.08 bits per heavy atom. The predicted molar refractivity (Wildman–Crippen MR) is 93.5 cm³/mol. The summed E-state index contributed by atoms with van der Waals surface area (Å²) < 4.78 is 1.95. The van der Waals surface area contributed by atoms with Crippen molar-refractivity contribution in [3.63, 3.8) is 0 Å². The third-order valence-corrected chi connectivity index (χ3v) is 3.47. The van der Waals surface area contributed by atoms with E-state index in [0.717, 1.165) is 17.2 Å². The van der Waals surface area contributed by atoms with Crippen LogP contribution in [0.4, 0.5) is 17.2 Å².